The maximum absolute atomic E-state index is 13.0. The molecule has 1 aliphatic carbocycles. The minimum absolute atomic E-state index is 0.197. The van der Waals surface area contributed by atoms with Crippen molar-refractivity contribution in [1.29, 1.82) is 0 Å². The minimum Gasteiger partial charge on any atom is -0.334 e. The molecule has 1 aliphatic heterocycles. The minimum atomic E-state index is 0.197. The molecule has 0 aromatic carbocycles. The lowest BCUT2D eigenvalue weighted by molar-refractivity contribution is -0.139. The van der Waals surface area contributed by atoms with Crippen molar-refractivity contribution in [2.24, 2.45) is 13.0 Å². The van der Waals surface area contributed by atoms with Gasteiger partial charge in [0.1, 0.15) is 0 Å². The van der Waals surface area contributed by atoms with E-state index < -0.39 is 0 Å². The summed E-state index contributed by atoms with van der Waals surface area (Å²) in [5.41, 5.74) is 1.07. The summed E-state index contributed by atoms with van der Waals surface area (Å²) in [5, 5.41) is 4.58. The Hall–Kier alpha value is -1.32. The highest BCUT2D eigenvalue weighted by atomic mass is 16.2. The van der Waals surface area contributed by atoms with Crippen LogP contribution < -0.4 is 0 Å². The van der Waals surface area contributed by atoms with Crippen molar-refractivity contribution >= 4 is 5.91 Å². The summed E-state index contributed by atoms with van der Waals surface area (Å²) in [5.74, 6) is 0.662. The van der Waals surface area contributed by atoms with Gasteiger partial charge in [0, 0.05) is 25.7 Å². The van der Waals surface area contributed by atoms with Crippen LogP contribution in [-0.4, -0.2) is 27.1 Å². The number of carbonyl (C=O) groups is 1. The fourth-order valence-electron chi connectivity index (χ4n) is 3.87. The molecule has 2 fully saturated rings. The normalized spacial score (nSPS) is 24.8. The number of rotatable bonds is 2. The lowest BCUT2D eigenvalue weighted by Gasteiger charge is -2.33. The molecule has 0 spiro atoms. The largest absolute Gasteiger partial charge is 0.334 e. The summed E-state index contributed by atoms with van der Waals surface area (Å²) in [6.45, 7) is 0.913. The Bertz CT molecular complexity index is 476. The third kappa shape index (κ3) is 3.30. The van der Waals surface area contributed by atoms with Crippen LogP contribution in [0.4, 0.5) is 0 Å². The first-order chi connectivity index (χ1) is 10.3. The van der Waals surface area contributed by atoms with E-state index in [0.717, 1.165) is 37.9 Å². The van der Waals surface area contributed by atoms with Gasteiger partial charge in [-0.2, -0.15) is 5.10 Å². The van der Waals surface area contributed by atoms with Gasteiger partial charge in [0.25, 0.3) is 0 Å². The second kappa shape index (κ2) is 6.63. The van der Waals surface area contributed by atoms with Crippen LogP contribution >= 0.6 is 0 Å². The average molecular weight is 289 g/mol. The molecule has 1 saturated carbocycles. The van der Waals surface area contributed by atoms with Gasteiger partial charge in [0.2, 0.25) is 5.91 Å². The lowest BCUT2D eigenvalue weighted by atomic mass is 9.87. The van der Waals surface area contributed by atoms with E-state index in [-0.39, 0.29) is 12.0 Å². The molecule has 0 N–H and O–H groups in total. The Morgan fingerprint density at radius 2 is 1.81 bits per heavy atom. The van der Waals surface area contributed by atoms with Crippen LogP contribution in [0.3, 0.4) is 0 Å². The highest BCUT2D eigenvalue weighted by Gasteiger charge is 2.32. The Morgan fingerprint density at radius 3 is 2.52 bits per heavy atom. The number of nitrogens with zero attached hydrogens (tertiary/aromatic N) is 3. The van der Waals surface area contributed by atoms with Crippen LogP contribution in [0, 0.1) is 5.92 Å². The van der Waals surface area contributed by atoms with Gasteiger partial charge < -0.3 is 4.90 Å². The maximum Gasteiger partial charge on any atom is 0.226 e. The van der Waals surface area contributed by atoms with Crippen molar-refractivity contribution in [3.05, 3.63) is 18.0 Å². The SMILES string of the molecule is Cn1ccc([C@@H]2CCCCCN2C(=O)C2CCCCC2)n1. The van der Waals surface area contributed by atoms with E-state index in [0.29, 0.717) is 5.91 Å². The van der Waals surface area contributed by atoms with Gasteiger partial charge in [0.15, 0.2) is 0 Å². The fraction of sp³-hybridized carbons (Fsp3) is 0.765. The van der Waals surface area contributed by atoms with Crippen molar-refractivity contribution in [2.45, 2.75) is 63.8 Å². The molecule has 1 aromatic heterocycles. The van der Waals surface area contributed by atoms with Crippen molar-refractivity contribution in [1.82, 2.24) is 14.7 Å². The molecule has 1 atom stereocenters. The number of amides is 1. The first kappa shape index (κ1) is 14.6. The molecule has 2 heterocycles. The average Bonchev–Trinajstić information content (AvgIpc) is 2.80. The van der Waals surface area contributed by atoms with Crippen LogP contribution in [-0.2, 0) is 11.8 Å². The molecule has 1 saturated heterocycles. The second-order valence-corrected chi connectivity index (χ2v) is 6.65. The Balaban J connectivity index is 1.79. The quantitative estimate of drug-likeness (QED) is 0.836. The van der Waals surface area contributed by atoms with E-state index >= 15 is 0 Å². The fourth-order valence-corrected chi connectivity index (χ4v) is 3.87. The third-order valence-electron chi connectivity index (χ3n) is 5.07. The Labute approximate surface area is 127 Å². The standard InChI is InChI=1S/C17H27N3O/c1-19-13-11-15(18-19)16-10-6-3-7-12-20(16)17(21)14-8-4-2-5-9-14/h11,13-14,16H,2-10,12H2,1H3/t16-/m0/s1. The van der Waals surface area contributed by atoms with Crippen molar-refractivity contribution < 1.29 is 4.79 Å². The van der Waals surface area contributed by atoms with Gasteiger partial charge in [-0.25, -0.2) is 0 Å². The predicted octanol–water partition coefficient (Wildman–Crippen LogP) is 3.44. The van der Waals surface area contributed by atoms with Crippen LogP contribution in [0.25, 0.3) is 0 Å². The van der Waals surface area contributed by atoms with E-state index in [1.807, 2.05) is 17.9 Å². The van der Waals surface area contributed by atoms with Gasteiger partial charge in [-0.15, -0.1) is 0 Å². The van der Waals surface area contributed by atoms with Crippen LogP contribution in [0.15, 0.2) is 12.3 Å². The maximum atomic E-state index is 13.0. The smallest absolute Gasteiger partial charge is 0.226 e. The summed E-state index contributed by atoms with van der Waals surface area (Å²) in [4.78, 5) is 15.1. The molecule has 4 nitrogen and oxygen atoms in total. The van der Waals surface area contributed by atoms with Crippen LogP contribution in [0.5, 0.6) is 0 Å². The molecule has 1 aromatic rings. The number of hydrogen-bond acceptors (Lipinski definition) is 2. The number of aryl methyl sites for hydroxylation is 1. The van der Waals surface area contributed by atoms with Gasteiger partial charge >= 0.3 is 0 Å². The van der Waals surface area contributed by atoms with E-state index in [1.54, 1.807) is 0 Å². The molecule has 1 amide bonds. The van der Waals surface area contributed by atoms with E-state index in [1.165, 1.54) is 32.1 Å². The van der Waals surface area contributed by atoms with E-state index in [4.69, 9.17) is 0 Å². The molecule has 116 valence electrons. The van der Waals surface area contributed by atoms with Crippen molar-refractivity contribution in [3.63, 3.8) is 0 Å². The van der Waals surface area contributed by atoms with Crippen LogP contribution in [0.2, 0.25) is 0 Å². The molecule has 4 heteroatoms. The monoisotopic (exact) mass is 289 g/mol. The Morgan fingerprint density at radius 1 is 1.10 bits per heavy atom. The molecule has 0 radical (unpaired) electrons. The summed E-state index contributed by atoms with van der Waals surface area (Å²) in [6.07, 6.45) is 12.5. The first-order valence-corrected chi connectivity index (χ1v) is 8.56. The van der Waals surface area contributed by atoms with Crippen molar-refractivity contribution in [3.8, 4) is 0 Å². The highest BCUT2D eigenvalue weighted by molar-refractivity contribution is 5.79. The molecular formula is C17H27N3O. The van der Waals surface area contributed by atoms with E-state index in [2.05, 4.69) is 16.1 Å². The van der Waals surface area contributed by atoms with Gasteiger partial charge in [-0.05, 0) is 31.7 Å². The Kier molecular flexibility index (Phi) is 4.61. The van der Waals surface area contributed by atoms with E-state index in [9.17, 15) is 4.79 Å². The summed E-state index contributed by atoms with van der Waals surface area (Å²) < 4.78 is 1.85. The van der Waals surface area contributed by atoms with Crippen molar-refractivity contribution in [2.75, 3.05) is 6.54 Å². The number of hydrogen-bond donors (Lipinski definition) is 0. The summed E-state index contributed by atoms with van der Waals surface area (Å²) in [7, 11) is 1.95. The highest BCUT2D eigenvalue weighted by Crippen LogP contribution is 2.33. The topological polar surface area (TPSA) is 38.1 Å². The number of carbonyl (C=O) groups excluding carboxylic acids is 1. The van der Waals surface area contributed by atoms with Gasteiger partial charge in [-0.3, -0.25) is 9.48 Å². The molecule has 0 unspecified atom stereocenters. The summed E-state index contributed by atoms with van der Waals surface area (Å²) >= 11 is 0. The van der Waals surface area contributed by atoms with Gasteiger partial charge in [-0.1, -0.05) is 32.1 Å². The second-order valence-electron chi connectivity index (χ2n) is 6.65. The molecule has 2 aliphatic rings. The number of likely N-dealkylation sites (tertiary alicyclic amines) is 1. The first-order valence-electron chi connectivity index (χ1n) is 8.56. The zero-order valence-electron chi connectivity index (χ0n) is 13.1. The third-order valence-corrected chi connectivity index (χ3v) is 5.07. The predicted molar refractivity (Wildman–Crippen MR) is 82.7 cm³/mol. The lowest BCUT2D eigenvalue weighted by Crippen LogP contribution is -2.39. The van der Waals surface area contributed by atoms with Crippen LogP contribution in [0.1, 0.15) is 69.5 Å². The molecule has 0 bridgehead atoms. The molecule has 21 heavy (non-hydrogen) atoms. The number of aromatic nitrogens is 2. The zero-order valence-corrected chi connectivity index (χ0v) is 13.1. The summed E-state index contributed by atoms with van der Waals surface area (Å²) in [6, 6.07) is 2.28. The van der Waals surface area contributed by atoms with Gasteiger partial charge in [0.05, 0.1) is 11.7 Å². The molecule has 3 rings (SSSR count). The zero-order chi connectivity index (χ0) is 14.7. The molecular weight excluding hydrogens is 262 g/mol.